The zero-order valence-electron chi connectivity index (χ0n) is 7.04. The molecule has 14 heavy (non-hydrogen) atoms. The third kappa shape index (κ3) is 3.88. The molecule has 0 fully saturated rings. The molecule has 0 spiro atoms. The van der Waals surface area contributed by atoms with Crippen molar-refractivity contribution in [3.05, 3.63) is 11.1 Å². The van der Waals surface area contributed by atoms with E-state index in [1.54, 1.807) is 0 Å². The topological polar surface area (TPSA) is 42.8 Å². The minimum absolute atomic E-state index is 0.0483. The third-order valence-corrected chi connectivity index (χ3v) is 1.69. The summed E-state index contributed by atoms with van der Waals surface area (Å²) >= 11 is 4.78. The first-order valence-electron chi connectivity index (χ1n) is 3.73. The van der Waals surface area contributed by atoms with Crippen LogP contribution in [0.1, 0.15) is 0 Å². The predicted octanol–water partition coefficient (Wildman–Crippen LogP) is 1.52. The molecule has 0 amide bonds. The molecule has 80 valence electrons. The molecule has 1 rings (SSSR count). The van der Waals surface area contributed by atoms with E-state index >= 15 is 0 Å². The Morgan fingerprint density at radius 3 is 2.79 bits per heavy atom. The van der Waals surface area contributed by atoms with Crippen molar-refractivity contribution in [3.8, 4) is 0 Å². The monoisotopic (exact) mass is 227 g/mol. The number of ether oxygens (including phenoxy) is 1. The molecule has 0 aliphatic rings. The van der Waals surface area contributed by atoms with Crippen LogP contribution in [0, 0.1) is 4.77 Å². The number of halogens is 3. The van der Waals surface area contributed by atoms with Gasteiger partial charge in [0, 0.05) is 6.54 Å². The van der Waals surface area contributed by atoms with Crippen molar-refractivity contribution in [1.82, 2.24) is 14.8 Å². The number of aromatic amines is 1. The van der Waals surface area contributed by atoms with E-state index in [0.29, 0.717) is 4.77 Å². The van der Waals surface area contributed by atoms with Gasteiger partial charge in [-0.2, -0.15) is 18.3 Å². The number of nitrogens with zero attached hydrogens (tertiary/aromatic N) is 2. The normalized spacial score (nSPS) is 11.9. The molecule has 0 radical (unpaired) electrons. The summed E-state index contributed by atoms with van der Waals surface area (Å²) in [7, 11) is 0. The number of H-pyrrole nitrogens is 1. The summed E-state index contributed by atoms with van der Waals surface area (Å²) < 4.78 is 41.1. The second kappa shape index (κ2) is 4.56. The van der Waals surface area contributed by atoms with Crippen molar-refractivity contribution in [2.75, 3.05) is 13.2 Å². The van der Waals surface area contributed by atoms with E-state index in [1.807, 2.05) is 0 Å². The Hall–Kier alpha value is -0.890. The van der Waals surface area contributed by atoms with Gasteiger partial charge in [0.15, 0.2) is 4.77 Å². The minimum atomic E-state index is -4.28. The summed E-state index contributed by atoms with van der Waals surface area (Å²) in [4.78, 5) is 0. The van der Waals surface area contributed by atoms with Gasteiger partial charge in [-0.1, -0.05) is 0 Å². The fraction of sp³-hybridized carbons (Fsp3) is 0.667. The predicted molar refractivity (Wildman–Crippen MR) is 44.3 cm³/mol. The van der Waals surface area contributed by atoms with Gasteiger partial charge in [-0.05, 0) is 12.2 Å². The molecule has 0 aliphatic carbocycles. The average molecular weight is 227 g/mol. The van der Waals surface area contributed by atoms with E-state index in [0.717, 1.165) is 0 Å². The first-order valence-corrected chi connectivity index (χ1v) is 4.14. The highest BCUT2D eigenvalue weighted by atomic mass is 32.1. The zero-order valence-corrected chi connectivity index (χ0v) is 7.86. The lowest BCUT2D eigenvalue weighted by atomic mass is 10.6. The summed E-state index contributed by atoms with van der Waals surface area (Å²) in [6.07, 6.45) is -2.88. The second-order valence-electron chi connectivity index (χ2n) is 2.52. The Kier molecular flexibility index (Phi) is 3.64. The Morgan fingerprint density at radius 2 is 2.29 bits per heavy atom. The van der Waals surface area contributed by atoms with Crippen molar-refractivity contribution >= 4 is 12.2 Å². The van der Waals surface area contributed by atoms with Crippen LogP contribution in [0.3, 0.4) is 0 Å². The molecule has 1 N–H and O–H groups in total. The van der Waals surface area contributed by atoms with Crippen LogP contribution in [-0.4, -0.2) is 34.2 Å². The highest BCUT2D eigenvalue weighted by Gasteiger charge is 2.27. The van der Waals surface area contributed by atoms with E-state index in [9.17, 15) is 13.2 Å². The van der Waals surface area contributed by atoms with E-state index in [1.165, 1.54) is 10.9 Å². The van der Waals surface area contributed by atoms with Crippen LogP contribution in [-0.2, 0) is 11.3 Å². The fourth-order valence-corrected chi connectivity index (χ4v) is 0.972. The van der Waals surface area contributed by atoms with E-state index in [4.69, 9.17) is 12.2 Å². The van der Waals surface area contributed by atoms with E-state index < -0.39 is 12.8 Å². The largest absolute Gasteiger partial charge is 0.411 e. The zero-order chi connectivity index (χ0) is 10.6. The molecule has 0 aliphatic heterocycles. The summed E-state index contributed by atoms with van der Waals surface area (Å²) in [5.74, 6) is 0. The van der Waals surface area contributed by atoms with Crippen molar-refractivity contribution in [1.29, 1.82) is 0 Å². The van der Waals surface area contributed by atoms with Gasteiger partial charge >= 0.3 is 6.18 Å². The molecule has 0 unspecified atom stereocenters. The number of alkyl halides is 3. The summed E-state index contributed by atoms with van der Waals surface area (Å²) in [5, 5.41) is 6.08. The maximum Gasteiger partial charge on any atom is 0.411 e. The molecule has 0 bridgehead atoms. The van der Waals surface area contributed by atoms with Crippen molar-refractivity contribution in [2.45, 2.75) is 12.7 Å². The number of rotatable bonds is 4. The van der Waals surface area contributed by atoms with Crippen molar-refractivity contribution in [3.63, 3.8) is 0 Å². The highest BCUT2D eigenvalue weighted by Crippen LogP contribution is 2.14. The molecule has 8 heteroatoms. The fourth-order valence-electron chi connectivity index (χ4n) is 0.781. The van der Waals surface area contributed by atoms with Crippen LogP contribution in [0.25, 0.3) is 0 Å². The molecule has 1 heterocycles. The Bertz CT molecular complexity index is 332. The number of nitrogens with one attached hydrogen (secondary N) is 1. The number of hydrogen-bond acceptors (Lipinski definition) is 3. The van der Waals surface area contributed by atoms with Gasteiger partial charge in [-0.15, -0.1) is 0 Å². The quantitative estimate of drug-likeness (QED) is 0.626. The SMILES string of the molecule is FC(F)(F)COCCn1cn[nH]c1=S. The maximum absolute atomic E-state index is 11.6. The van der Waals surface area contributed by atoms with Crippen LogP contribution in [0.2, 0.25) is 0 Å². The van der Waals surface area contributed by atoms with Crippen LogP contribution in [0.4, 0.5) is 13.2 Å². The van der Waals surface area contributed by atoms with Gasteiger partial charge in [-0.3, -0.25) is 5.10 Å². The third-order valence-electron chi connectivity index (χ3n) is 1.36. The van der Waals surface area contributed by atoms with Gasteiger partial charge in [0.05, 0.1) is 6.61 Å². The first kappa shape index (κ1) is 11.2. The lowest BCUT2D eigenvalue weighted by Gasteiger charge is -2.07. The van der Waals surface area contributed by atoms with Crippen LogP contribution < -0.4 is 0 Å². The molecular weight excluding hydrogens is 219 g/mol. The maximum atomic E-state index is 11.6. The molecule has 4 nitrogen and oxygen atoms in total. The smallest absolute Gasteiger partial charge is 0.370 e. The summed E-state index contributed by atoms with van der Waals surface area (Å²) in [6, 6.07) is 0. The van der Waals surface area contributed by atoms with E-state index in [-0.39, 0.29) is 13.2 Å². The molecule has 0 saturated carbocycles. The Balaban J connectivity index is 2.23. The standard InChI is InChI=1S/C6H8F3N3OS/c7-6(8,9)3-13-2-1-12-4-10-11-5(12)14/h4H,1-3H2,(H,11,14). The molecule has 1 aromatic rings. The summed E-state index contributed by atoms with van der Waals surface area (Å²) in [5.41, 5.74) is 0. The van der Waals surface area contributed by atoms with Gasteiger partial charge in [0.2, 0.25) is 0 Å². The average Bonchev–Trinajstić information content (AvgIpc) is 2.44. The lowest BCUT2D eigenvalue weighted by molar-refractivity contribution is -0.174. The van der Waals surface area contributed by atoms with Gasteiger partial charge < -0.3 is 9.30 Å². The molecular formula is C6H8F3N3OS. The first-order chi connectivity index (χ1) is 6.49. The number of hydrogen-bond donors (Lipinski definition) is 1. The molecule has 0 aromatic carbocycles. The van der Waals surface area contributed by atoms with Gasteiger partial charge in [0.25, 0.3) is 0 Å². The lowest BCUT2D eigenvalue weighted by Crippen LogP contribution is -2.18. The number of aromatic nitrogens is 3. The van der Waals surface area contributed by atoms with Crippen LogP contribution >= 0.6 is 12.2 Å². The van der Waals surface area contributed by atoms with Crippen molar-refractivity contribution in [2.24, 2.45) is 0 Å². The second-order valence-corrected chi connectivity index (χ2v) is 2.91. The summed E-state index contributed by atoms with van der Waals surface area (Å²) in [6.45, 7) is -1.03. The van der Waals surface area contributed by atoms with Crippen LogP contribution in [0.5, 0.6) is 0 Å². The van der Waals surface area contributed by atoms with Gasteiger partial charge in [0.1, 0.15) is 12.9 Å². The molecule has 1 aromatic heterocycles. The van der Waals surface area contributed by atoms with Crippen molar-refractivity contribution < 1.29 is 17.9 Å². The van der Waals surface area contributed by atoms with Gasteiger partial charge in [-0.25, -0.2) is 0 Å². The minimum Gasteiger partial charge on any atom is -0.370 e. The molecule has 0 atom stereocenters. The van der Waals surface area contributed by atoms with Crippen LogP contribution in [0.15, 0.2) is 6.33 Å². The van der Waals surface area contributed by atoms with E-state index in [2.05, 4.69) is 14.9 Å². The Morgan fingerprint density at radius 1 is 1.57 bits per heavy atom. The molecule has 0 saturated heterocycles. The highest BCUT2D eigenvalue weighted by molar-refractivity contribution is 7.71. The Labute approximate surface area is 82.7 Å².